The van der Waals surface area contributed by atoms with Crippen LogP contribution in [0.5, 0.6) is 0 Å². The molecule has 0 unspecified atom stereocenters. The zero-order valence-electron chi connectivity index (χ0n) is 20.6. The van der Waals surface area contributed by atoms with Gasteiger partial charge in [0.2, 0.25) is 5.91 Å². The number of piperidine rings is 1. The number of likely N-dealkylation sites (tertiary alicyclic amines) is 1. The first-order chi connectivity index (χ1) is 16.6. The van der Waals surface area contributed by atoms with Crippen LogP contribution in [-0.4, -0.2) is 59.5 Å². The molecule has 2 heterocycles. The number of rotatable bonds is 8. The van der Waals surface area contributed by atoms with Gasteiger partial charge in [-0.25, -0.2) is 0 Å². The monoisotopic (exact) mass is 455 g/mol. The van der Waals surface area contributed by atoms with Gasteiger partial charge in [0, 0.05) is 31.8 Å². The third kappa shape index (κ3) is 4.88. The lowest BCUT2D eigenvalue weighted by Gasteiger charge is -2.44. The molecule has 0 aliphatic carbocycles. The zero-order valence-corrected chi connectivity index (χ0v) is 20.6. The number of benzene rings is 2. The van der Waals surface area contributed by atoms with Crippen LogP contribution in [0.4, 0.5) is 0 Å². The first-order valence-electron chi connectivity index (χ1n) is 12.4. The first-order valence-corrected chi connectivity index (χ1v) is 12.4. The maximum atomic E-state index is 13.3. The minimum absolute atomic E-state index is 0.248. The van der Waals surface area contributed by atoms with Gasteiger partial charge in [0.25, 0.3) is 0 Å². The fourth-order valence-electron chi connectivity index (χ4n) is 5.58. The lowest BCUT2D eigenvalue weighted by atomic mass is 9.84. The molecular formula is C30H37N3O. The summed E-state index contributed by atoms with van der Waals surface area (Å²) in [6, 6.07) is 21.6. The molecule has 2 aromatic rings. The molecule has 4 rings (SSSR count). The molecule has 0 aromatic heterocycles. The van der Waals surface area contributed by atoms with Crippen molar-refractivity contribution in [3.05, 3.63) is 108 Å². The molecule has 0 radical (unpaired) electrons. The van der Waals surface area contributed by atoms with E-state index in [-0.39, 0.29) is 5.91 Å². The molecule has 0 saturated carbocycles. The second kappa shape index (κ2) is 10.9. The lowest BCUT2D eigenvalue weighted by molar-refractivity contribution is -0.134. The van der Waals surface area contributed by atoms with Crippen LogP contribution in [0.3, 0.4) is 0 Å². The van der Waals surface area contributed by atoms with Crippen LogP contribution in [0.25, 0.3) is 0 Å². The summed E-state index contributed by atoms with van der Waals surface area (Å²) in [4.78, 5) is 20.0. The van der Waals surface area contributed by atoms with Gasteiger partial charge in [-0.1, -0.05) is 79.4 Å². The van der Waals surface area contributed by atoms with Gasteiger partial charge in [-0.15, -0.1) is 0 Å². The average Bonchev–Trinajstić information content (AvgIpc) is 3.11. The fourth-order valence-corrected chi connectivity index (χ4v) is 5.58. The van der Waals surface area contributed by atoms with Crippen LogP contribution in [0.1, 0.15) is 43.2 Å². The molecular weight excluding hydrogens is 418 g/mol. The van der Waals surface area contributed by atoms with Gasteiger partial charge < -0.3 is 14.7 Å². The topological polar surface area (TPSA) is 26.8 Å². The van der Waals surface area contributed by atoms with Crippen LogP contribution >= 0.6 is 0 Å². The maximum absolute atomic E-state index is 13.3. The van der Waals surface area contributed by atoms with Gasteiger partial charge in [-0.2, -0.15) is 0 Å². The second-order valence-electron chi connectivity index (χ2n) is 9.44. The summed E-state index contributed by atoms with van der Waals surface area (Å²) < 4.78 is 0. The largest absolute Gasteiger partial charge is 0.339 e. The van der Waals surface area contributed by atoms with Gasteiger partial charge in [0.05, 0.1) is 6.67 Å². The highest BCUT2D eigenvalue weighted by Gasteiger charge is 2.52. The van der Waals surface area contributed by atoms with Crippen LogP contribution in [0, 0.1) is 0 Å². The van der Waals surface area contributed by atoms with Gasteiger partial charge >= 0.3 is 0 Å². The maximum Gasteiger partial charge on any atom is 0.249 e. The van der Waals surface area contributed by atoms with E-state index in [0.29, 0.717) is 12.6 Å². The van der Waals surface area contributed by atoms with Crippen molar-refractivity contribution in [2.45, 2.75) is 37.6 Å². The average molecular weight is 456 g/mol. The van der Waals surface area contributed by atoms with E-state index >= 15 is 0 Å². The number of nitrogens with zero attached hydrogens (tertiary/aromatic N) is 3. The zero-order chi connectivity index (χ0) is 24.0. The summed E-state index contributed by atoms with van der Waals surface area (Å²) in [7, 11) is 1.92. The van der Waals surface area contributed by atoms with Crippen LogP contribution in [0.2, 0.25) is 0 Å². The van der Waals surface area contributed by atoms with Crippen molar-refractivity contribution in [2.75, 3.05) is 33.4 Å². The highest BCUT2D eigenvalue weighted by molar-refractivity contribution is 5.89. The minimum atomic E-state index is -0.447. The van der Waals surface area contributed by atoms with Crippen molar-refractivity contribution in [3.8, 4) is 0 Å². The van der Waals surface area contributed by atoms with E-state index in [1.54, 1.807) is 0 Å². The summed E-state index contributed by atoms with van der Waals surface area (Å²) in [5.41, 5.74) is 3.35. The third-order valence-corrected chi connectivity index (χ3v) is 7.37. The molecule has 34 heavy (non-hydrogen) atoms. The molecule has 0 N–H and O–H groups in total. The molecule has 2 fully saturated rings. The Bertz CT molecular complexity index is 980. The summed E-state index contributed by atoms with van der Waals surface area (Å²) in [5.74, 6) is 0.629. The van der Waals surface area contributed by atoms with E-state index in [9.17, 15) is 4.79 Å². The fraction of sp³-hybridized carbons (Fsp3) is 0.367. The van der Waals surface area contributed by atoms with Crippen molar-refractivity contribution in [1.29, 1.82) is 0 Å². The smallest absolute Gasteiger partial charge is 0.249 e. The number of likely N-dealkylation sites (N-methyl/N-ethyl adjacent to an activating group) is 1. The number of carbonyl (C=O) groups is 1. The molecule has 2 aromatic carbocycles. The molecule has 2 saturated heterocycles. The summed E-state index contributed by atoms with van der Waals surface area (Å²) in [5, 5.41) is 0. The lowest BCUT2D eigenvalue weighted by Crippen LogP contribution is -2.55. The molecule has 4 heteroatoms. The molecule has 178 valence electrons. The van der Waals surface area contributed by atoms with Crippen LogP contribution in [0.15, 0.2) is 97.2 Å². The van der Waals surface area contributed by atoms with E-state index in [1.807, 2.05) is 37.1 Å². The minimum Gasteiger partial charge on any atom is -0.339 e. The third-order valence-electron chi connectivity index (χ3n) is 7.37. The van der Waals surface area contributed by atoms with Crippen molar-refractivity contribution in [3.63, 3.8) is 0 Å². The molecule has 4 nitrogen and oxygen atoms in total. The summed E-state index contributed by atoms with van der Waals surface area (Å²) in [6.45, 7) is 9.43. The Morgan fingerprint density at radius 1 is 1.03 bits per heavy atom. The number of hydrogen-bond acceptors (Lipinski definition) is 3. The van der Waals surface area contributed by atoms with Crippen molar-refractivity contribution >= 4 is 5.91 Å². The van der Waals surface area contributed by atoms with Crippen LogP contribution in [-0.2, 0) is 4.79 Å². The van der Waals surface area contributed by atoms with Crippen molar-refractivity contribution < 1.29 is 4.79 Å². The first kappa shape index (κ1) is 24.0. The van der Waals surface area contributed by atoms with Crippen molar-refractivity contribution in [1.82, 2.24) is 14.7 Å². The quantitative estimate of drug-likeness (QED) is 0.497. The Labute approximate surface area is 204 Å². The molecule has 0 atom stereocenters. The van der Waals surface area contributed by atoms with Gasteiger partial charge in [0.1, 0.15) is 5.54 Å². The normalized spacial score (nSPS) is 19.0. The Morgan fingerprint density at radius 2 is 1.62 bits per heavy atom. The Balaban J connectivity index is 1.47. The standard InChI is InChI=1S/C30H37N3O/c1-4-12-27(13-5-2)33-24-31(3)29(34)30(33)19-22-32(23-20-30)21-18-28(25-14-8-6-9-15-25)26-16-10-7-11-17-26/h4-17,28H,1,18-24H2,2-3H3/b13-5-,27-12+. The number of hydrogen-bond donors (Lipinski definition) is 0. The number of amides is 1. The summed E-state index contributed by atoms with van der Waals surface area (Å²) in [6.07, 6.45) is 10.7. The predicted octanol–water partition coefficient (Wildman–Crippen LogP) is 5.42. The van der Waals surface area contributed by atoms with Gasteiger partial charge in [0.15, 0.2) is 0 Å². The Kier molecular flexibility index (Phi) is 7.69. The van der Waals surface area contributed by atoms with E-state index < -0.39 is 5.54 Å². The molecule has 2 aliphatic rings. The predicted molar refractivity (Wildman–Crippen MR) is 140 cm³/mol. The summed E-state index contributed by atoms with van der Waals surface area (Å²) >= 11 is 0. The van der Waals surface area contributed by atoms with E-state index in [0.717, 1.165) is 44.6 Å². The van der Waals surface area contributed by atoms with E-state index in [4.69, 9.17) is 0 Å². The number of allylic oxidation sites excluding steroid dienone is 4. The Hall–Kier alpha value is -3.11. The van der Waals surface area contributed by atoms with Crippen molar-refractivity contribution in [2.24, 2.45) is 0 Å². The van der Waals surface area contributed by atoms with Gasteiger partial charge in [-0.3, -0.25) is 4.79 Å². The highest BCUT2D eigenvalue weighted by atomic mass is 16.2. The molecule has 1 spiro atoms. The highest BCUT2D eigenvalue weighted by Crippen LogP contribution is 2.39. The van der Waals surface area contributed by atoms with Crippen LogP contribution < -0.4 is 0 Å². The Morgan fingerprint density at radius 3 is 2.15 bits per heavy atom. The number of carbonyl (C=O) groups excluding carboxylic acids is 1. The molecule has 1 amide bonds. The SMILES string of the molecule is C=C/C=C(\C=C/C)N1CN(C)C(=O)C12CCN(CCC(c1ccccc1)c1ccccc1)CC2. The van der Waals surface area contributed by atoms with E-state index in [1.165, 1.54) is 11.1 Å². The molecule has 0 bridgehead atoms. The van der Waals surface area contributed by atoms with E-state index in [2.05, 4.69) is 83.1 Å². The molecule has 2 aliphatic heterocycles. The second-order valence-corrected chi connectivity index (χ2v) is 9.44. The van der Waals surface area contributed by atoms with Gasteiger partial charge in [-0.05, 0) is 56.0 Å².